The molecule has 2 N–H and O–H groups in total. The number of hydrogen-bond donors (Lipinski definition) is 2. The Morgan fingerprint density at radius 2 is 1.74 bits per heavy atom. The third-order valence-corrected chi connectivity index (χ3v) is 5.28. The van der Waals surface area contributed by atoms with Gasteiger partial charge in [0, 0.05) is 24.4 Å². The van der Waals surface area contributed by atoms with Gasteiger partial charge in [0.1, 0.15) is 17.0 Å². The van der Waals surface area contributed by atoms with Crippen molar-refractivity contribution in [2.45, 2.75) is 31.7 Å². The monoisotopic (exact) mass is 425 g/mol. The highest BCUT2D eigenvalue weighted by atomic mass is 19.1. The second-order valence-electron chi connectivity index (χ2n) is 7.38. The molecular weight excluding hydrogens is 407 g/mol. The van der Waals surface area contributed by atoms with Crippen molar-refractivity contribution in [3.63, 3.8) is 0 Å². The Morgan fingerprint density at radius 3 is 2.45 bits per heavy atom. The van der Waals surface area contributed by atoms with Gasteiger partial charge in [-0.05, 0) is 25.0 Å². The van der Waals surface area contributed by atoms with Crippen molar-refractivity contribution < 1.29 is 13.2 Å². The summed E-state index contributed by atoms with van der Waals surface area (Å²) in [5, 5.41) is 5.80. The van der Waals surface area contributed by atoms with Gasteiger partial charge < -0.3 is 10.6 Å². The minimum atomic E-state index is -1.03. The van der Waals surface area contributed by atoms with Crippen LogP contribution in [0, 0.1) is 17.5 Å². The standard InChI is InChI=1S/C21H18F3N7/c22-12-8-15(23)18(16(24)9-12)29-21-28-17-11-26-20(27-13-4-3-7-25-10-13)30-19(17)31(21)14-5-1-2-6-14/h3-4,7-11,14H,1-2,5-6H2,(H,28,29)(H,26,27,30). The number of imidazole rings is 1. The summed E-state index contributed by atoms with van der Waals surface area (Å²) in [6, 6.07) is 4.95. The Hall–Kier alpha value is -3.69. The molecule has 1 saturated carbocycles. The fourth-order valence-corrected chi connectivity index (χ4v) is 3.89. The van der Waals surface area contributed by atoms with Gasteiger partial charge in [0.05, 0.1) is 18.1 Å². The Morgan fingerprint density at radius 1 is 0.968 bits per heavy atom. The van der Waals surface area contributed by atoms with E-state index >= 15 is 0 Å². The number of halogens is 3. The second kappa shape index (κ2) is 7.86. The molecule has 1 fully saturated rings. The second-order valence-corrected chi connectivity index (χ2v) is 7.38. The van der Waals surface area contributed by atoms with Crippen molar-refractivity contribution in [2.24, 2.45) is 0 Å². The van der Waals surface area contributed by atoms with Crippen molar-refractivity contribution in [3.8, 4) is 0 Å². The number of nitrogens with zero attached hydrogens (tertiary/aromatic N) is 5. The minimum absolute atomic E-state index is 0.0696. The summed E-state index contributed by atoms with van der Waals surface area (Å²) in [6.07, 6.45) is 8.72. The molecule has 0 unspecified atom stereocenters. The first-order chi connectivity index (χ1) is 15.1. The Balaban J connectivity index is 1.58. The van der Waals surface area contributed by atoms with E-state index in [1.807, 2.05) is 10.6 Å². The number of fused-ring (bicyclic) bond motifs is 1. The van der Waals surface area contributed by atoms with E-state index in [4.69, 9.17) is 0 Å². The number of pyridine rings is 1. The van der Waals surface area contributed by atoms with Crippen LogP contribution in [0.2, 0.25) is 0 Å². The summed E-state index contributed by atoms with van der Waals surface area (Å²) >= 11 is 0. The van der Waals surface area contributed by atoms with E-state index in [0.29, 0.717) is 29.2 Å². The maximum atomic E-state index is 14.2. The first-order valence-electron chi connectivity index (χ1n) is 9.92. The topological polar surface area (TPSA) is 80.6 Å². The molecule has 3 aromatic heterocycles. The van der Waals surface area contributed by atoms with Crippen molar-refractivity contribution in [2.75, 3.05) is 10.6 Å². The normalized spacial score (nSPS) is 14.3. The molecule has 0 aliphatic heterocycles. The zero-order valence-corrected chi connectivity index (χ0v) is 16.3. The van der Waals surface area contributed by atoms with Gasteiger partial charge in [-0.1, -0.05) is 12.8 Å². The fraction of sp³-hybridized carbons (Fsp3) is 0.238. The predicted octanol–water partition coefficient (Wildman–Crippen LogP) is 5.24. The fourth-order valence-electron chi connectivity index (χ4n) is 3.89. The number of rotatable bonds is 5. The zero-order valence-electron chi connectivity index (χ0n) is 16.3. The van der Waals surface area contributed by atoms with Gasteiger partial charge in [0.15, 0.2) is 17.3 Å². The number of aromatic nitrogens is 5. The summed E-state index contributed by atoms with van der Waals surface area (Å²) in [4.78, 5) is 17.4. The van der Waals surface area contributed by atoms with E-state index < -0.39 is 23.1 Å². The molecule has 31 heavy (non-hydrogen) atoms. The van der Waals surface area contributed by atoms with Gasteiger partial charge in [-0.25, -0.2) is 23.1 Å². The number of nitrogens with one attached hydrogen (secondary N) is 2. The molecule has 7 nitrogen and oxygen atoms in total. The lowest BCUT2D eigenvalue weighted by atomic mass is 10.2. The molecule has 0 bridgehead atoms. The van der Waals surface area contributed by atoms with Crippen molar-refractivity contribution >= 4 is 34.4 Å². The summed E-state index contributed by atoms with van der Waals surface area (Å²) < 4.78 is 43.6. The minimum Gasteiger partial charge on any atom is -0.323 e. The van der Waals surface area contributed by atoms with Crippen LogP contribution in [-0.4, -0.2) is 24.5 Å². The summed E-state index contributed by atoms with van der Waals surface area (Å²) in [5.74, 6) is -2.47. The van der Waals surface area contributed by atoms with Crippen LogP contribution >= 0.6 is 0 Å². The molecule has 1 aliphatic rings. The molecule has 158 valence electrons. The highest BCUT2D eigenvalue weighted by Gasteiger charge is 2.25. The molecule has 1 aliphatic carbocycles. The van der Waals surface area contributed by atoms with Gasteiger partial charge in [0.2, 0.25) is 11.9 Å². The zero-order chi connectivity index (χ0) is 21.4. The van der Waals surface area contributed by atoms with Crippen LogP contribution in [0.3, 0.4) is 0 Å². The van der Waals surface area contributed by atoms with Crippen molar-refractivity contribution in [3.05, 3.63) is 60.3 Å². The third-order valence-electron chi connectivity index (χ3n) is 5.28. The summed E-state index contributed by atoms with van der Waals surface area (Å²) in [6.45, 7) is 0. The van der Waals surface area contributed by atoms with E-state index in [2.05, 4.69) is 30.6 Å². The summed E-state index contributed by atoms with van der Waals surface area (Å²) in [5.41, 5.74) is 1.29. The lowest BCUT2D eigenvalue weighted by Gasteiger charge is -2.17. The quantitative estimate of drug-likeness (QED) is 0.455. The van der Waals surface area contributed by atoms with Gasteiger partial charge in [0.25, 0.3) is 0 Å². The largest absolute Gasteiger partial charge is 0.323 e. The molecule has 1 aromatic carbocycles. The molecule has 0 radical (unpaired) electrons. The van der Waals surface area contributed by atoms with E-state index in [1.165, 1.54) is 0 Å². The maximum Gasteiger partial charge on any atom is 0.229 e. The molecule has 5 rings (SSSR count). The SMILES string of the molecule is Fc1cc(F)c(Nc2nc3cnc(Nc4cccnc4)nc3n2C2CCCC2)c(F)c1. The molecule has 0 saturated heterocycles. The van der Waals surface area contributed by atoms with Crippen LogP contribution in [0.25, 0.3) is 11.2 Å². The summed E-state index contributed by atoms with van der Waals surface area (Å²) in [7, 11) is 0. The Kier molecular flexibility index (Phi) is 4.89. The van der Waals surface area contributed by atoms with Crippen LogP contribution in [-0.2, 0) is 0 Å². The van der Waals surface area contributed by atoms with Crippen LogP contribution in [0.15, 0.2) is 42.9 Å². The van der Waals surface area contributed by atoms with Gasteiger partial charge >= 0.3 is 0 Å². The number of hydrogen-bond acceptors (Lipinski definition) is 6. The van der Waals surface area contributed by atoms with Crippen molar-refractivity contribution in [1.82, 2.24) is 24.5 Å². The van der Waals surface area contributed by atoms with Gasteiger partial charge in [-0.3, -0.25) is 9.55 Å². The molecule has 10 heteroatoms. The van der Waals surface area contributed by atoms with Crippen LogP contribution < -0.4 is 10.6 Å². The maximum absolute atomic E-state index is 14.2. The molecule has 0 amide bonds. The Bertz CT molecular complexity index is 1210. The van der Waals surface area contributed by atoms with E-state index in [0.717, 1.165) is 31.4 Å². The van der Waals surface area contributed by atoms with E-state index in [-0.39, 0.29) is 12.0 Å². The highest BCUT2D eigenvalue weighted by molar-refractivity contribution is 5.77. The van der Waals surface area contributed by atoms with Crippen molar-refractivity contribution in [1.29, 1.82) is 0 Å². The highest BCUT2D eigenvalue weighted by Crippen LogP contribution is 2.36. The molecule has 3 heterocycles. The van der Waals surface area contributed by atoms with E-state index in [9.17, 15) is 13.2 Å². The predicted molar refractivity (Wildman–Crippen MR) is 110 cm³/mol. The number of anilines is 4. The van der Waals surface area contributed by atoms with Crippen LogP contribution in [0.5, 0.6) is 0 Å². The lowest BCUT2D eigenvalue weighted by Crippen LogP contribution is -2.11. The first-order valence-corrected chi connectivity index (χ1v) is 9.92. The first kappa shape index (κ1) is 19.3. The molecule has 0 spiro atoms. The molecule has 4 aromatic rings. The third kappa shape index (κ3) is 3.76. The lowest BCUT2D eigenvalue weighted by molar-refractivity contribution is 0.531. The van der Waals surface area contributed by atoms with E-state index in [1.54, 1.807) is 24.7 Å². The average Bonchev–Trinajstić information content (AvgIpc) is 3.38. The molecule has 0 atom stereocenters. The van der Waals surface area contributed by atoms with Gasteiger partial charge in [-0.15, -0.1) is 0 Å². The smallest absolute Gasteiger partial charge is 0.229 e. The Labute approximate surface area is 175 Å². The van der Waals surface area contributed by atoms with Gasteiger partial charge in [-0.2, -0.15) is 4.98 Å². The number of benzene rings is 1. The van der Waals surface area contributed by atoms with Crippen LogP contribution in [0.4, 0.5) is 36.4 Å². The van der Waals surface area contributed by atoms with Crippen LogP contribution in [0.1, 0.15) is 31.7 Å². The molecular formula is C21H18F3N7. The average molecular weight is 425 g/mol.